The molecular weight excluding hydrogens is 731 g/mol. The highest BCUT2D eigenvalue weighted by Crippen LogP contribution is 2.34. The Morgan fingerprint density at radius 1 is 1.00 bits per heavy atom. The van der Waals surface area contributed by atoms with Crippen LogP contribution in [0.4, 0.5) is 0 Å². The number of ether oxygens (including phenoxy) is 1. The molecule has 0 spiro atoms. The van der Waals surface area contributed by atoms with Gasteiger partial charge in [0.05, 0.1) is 28.1 Å². The SMILES string of the molecule is CC(C)(O)c1cnnn1[C@H]1C[C@@H](C(=O)NC2(C(=O)C(N)=O)CCOCC2)N(C(=O)C(CC2CCCCC2)=NC(=O)c2ccc(S(=O)(=O)C3CCCC3)cc2)C1. The lowest BCUT2D eigenvalue weighted by atomic mass is 9.84. The summed E-state index contributed by atoms with van der Waals surface area (Å²) in [5, 5.41) is 21.4. The lowest BCUT2D eigenvalue weighted by Gasteiger charge is -2.37. The summed E-state index contributed by atoms with van der Waals surface area (Å²) in [7, 11) is -3.55. The summed E-state index contributed by atoms with van der Waals surface area (Å²) in [5.41, 5.74) is 2.82. The number of rotatable bonds is 12. The Hall–Kier alpha value is -4.35. The second kappa shape index (κ2) is 16.4. The van der Waals surface area contributed by atoms with E-state index in [-0.39, 0.29) is 67.5 Å². The number of aromatic nitrogens is 3. The third kappa shape index (κ3) is 8.73. The molecule has 1 aromatic carbocycles. The average Bonchev–Trinajstić information content (AvgIpc) is 3.97. The van der Waals surface area contributed by atoms with Crippen molar-refractivity contribution in [3.05, 3.63) is 41.7 Å². The van der Waals surface area contributed by atoms with Crippen LogP contribution in [0.2, 0.25) is 0 Å². The Morgan fingerprint density at radius 3 is 2.25 bits per heavy atom. The highest BCUT2D eigenvalue weighted by molar-refractivity contribution is 7.92. The number of hydrogen-bond acceptors (Lipinski definition) is 11. The molecule has 298 valence electrons. The van der Waals surface area contributed by atoms with E-state index in [4.69, 9.17) is 10.5 Å². The molecule has 4 aliphatic rings. The van der Waals surface area contributed by atoms with E-state index >= 15 is 0 Å². The van der Waals surface area contributed by atoms with E-state index in [2.05, 4.69) is 20.6 Å². The number of hydrogen-bond donors (Lipinski definition) is 3. The van der Waals surface area contributed by atoms with E-state index in [0.717, 1.165) is 44.9 Å². The van der Waals surface area contributed by atoms with Crippen LogP contribution in [0, 0.1) is 5.92 Å². The van der Waals surface area contributed by atoms with Crippen molar-refractivity contribution in [2.24, 2.45) is 16.6 Å². The molecule has 17 heteroatoms. The fourth-order valence-electron chi connectivity index (χ4n) is 8.48. The molecule has 0 bridgehead atoms. The minimum absolute atomic E-state index is 0.000170. The molecule has 0 radical (unpaired) electrons. The number of ketones is 1. The van der Waals surface area contributed by atoms with Gasteiger partial charge in [-0.2, -0.15) is 0 Å². The van der Waals surface area contributed by atoms with Crippen molar-refractivity contribution < 1.29 is 42.2 Å². The molecule has 2 aliphatic heterocycles. The van der Waals surface area contributed by atoms with Crippen molar-refractivity contribution in [1.29, 1.82) is 0 Å². The zero-order valence-electron chi connectivity index (χ0n) is 31.4. The van der Waals surface area contributed by atoms with Gasteiger partial charge in [0.1, 0.15) is 22.9 Å². The number of nitrogens with zero attached hydrogens (tertiary/aromatic N) is 5. The highest BCUT2D eigenvalue weighted by Gasteiger charge is 2.49. The summed E-state index contributed by atoms with van der Waals surface area (Å²) in [6, 6.07) is 3.77. The summed E-state index contributed by atoms with van der Waals surface area (Å²) in [6.45, 7) is 3.24. The van der Waals surface area contributed by atoms with Crippen molar-refractivity contribution in [2.45, 2.75) is 131 Å². The molecule has 4 N–H and O–H groups in total. The third-order valence-corrected chi connectivity index (χ3v) is 13.9. The second-order valence-corrected chi connectivity index (χ2v) is 18.1. The van der Waals surface area contributed by atoms with Gasteiger partial charge in [0.25, 0.3) is 17.7 Å². The van der Waals surface area contributed by atoms with Crippen LogP contribution in [0.25, 0.3) is 0 Å². The summed E-state index contributed by atoms with van der Waals surface area (Å²) >= 11 is 0. The molecule has 2 saturated heterocycles. The number of amides is 4. The Kier molecular flexibility index (Phi) is 12.0. The van der Waals surface area contributed by atoms with Crippen LogP contribution < -0.4 is 11.1 Å². The van der Waals surface area contributed by atoms with Gasteiger partial charge in [-0.3, -0.25) is 24.0 Å². The van der Waals surface area contributed by atoms with Gasteiger partial charge < -0.3 is 25.8 Å². The quantitative estimate of drug-likeness (QED) is 0.209. The number of benzene rings is 1. The highest BCUT2D eigenvalue weighted by atomic mass is 32.2. The van der Waals surface area contributed by atoms with Crippen LogP contribution in [0.5, 0.6) is 0 Å². The van der Waals surface area contributed by atoms with Crippen LogP contribution in [0.15, 0.2) is 40.4 Å². The van der Waals surface area contributed by atoms with Gasteiger partial charge in [0.2, 0.25) is 11.7 Å². The summed E-state index contributed by atoms with van der Waals surface area (Å²) in [4.78, 5) is 74.0. The maximum Gasteiger partial charge on any atom is 0.287 e. The molecule has 1 aromatic heterocycles. The lowest BCUT2D eigenvalue weighted by Crippen LogP contribution is -2.63. The number of carbonyl (C=O) groups excluding carboxylic acids is 5. The smallest absolute Gasteiger partial charge is 0.287 e. The first-order valence-corrected chi connectivity index (χ1v) is 20.8. The van der Waals surface area contributed by atoms with Gasteiger partial charge in [-0.1, -0.05) is 50.2 Å². The zero-order chi connectivity index (χ0) is 39.5. The van der Waals surface area contributed by atoms with Crippen LogP contribution in [0.1, 0.15) is 119 Å². The van der Waals surface area contributed by atoms with E-state index < -0.39 is 67.7 Å². The van der Waals surface area contributed by atoms with E-state index in [1.54, 1.807) is 13.8 Å². The number of Topliss-reactive ketones (excluding diaryl/α,β-unsaturated/α-hetero) is 1. The fourth-order valence-corrected chi connectivity index (χ4v) is 10.3. The third-order valence-electron chi connectivity index (χ3n) is 11.6. The number of aliphatic hydroxyl groups is 1. The standard InChI is InChI=1S/C38H51N7O9S/c1-37(2,51)31-22-40-43-45(31)26-21-30(35(49)42-38(32(46)33(39)47)16-18-54-19-17-38)44(23-26)36(50)29(20-24-8-4-3-5-9-24)41-34(48)25-12-14-28(15-13-25)55(52,53)27-10-6-7-11-27/h12-15,22,24,26-27,30,51H,3-11,16-21,23H2,1-2H3,(H2,39,47)(H,42,49)/t26-,30-/m0/s1. The number of primary amides is 1. The van der Waals surface area contributed by atoms with Gasteiger partial charge in [-0.05, 0) is 63.3 Å². The zero-order valence-corrected chi connectivity index (χ0v) is 32.3. The molecular formula is C38H51N7O9S. The minimum atomic E-state index is -3.55. The van der Waals surface area contributed by atoms with E-state index in [9.17, 15) is 37.5 Å². The molecule has 2 aliphatic carbocycles. The molecule has 3 heterocycles. The number of sulfone groups is 1. The predicted molar refractivity (Wildman–Crippen MR) is 198 cm³/mol. The van der Waals surface area contributed by atoms with E-state index in [0.29, 0.717) is 18.5 Å². The first-order chi connectivity index (χ1) is 26.1. The molecule has 4 amide bonds. The van der Waals surface area contributed by atoms with Crippen LogP contribution in [0.3, 0.4) is 0 Å². The number of carbonyl (C=O) groups is 5. The van der Waals surface area contributed by atoms with Crippen molar-refractivity contribution in [2.75, 3.05) is 19.8 Å². The van der Waals surface area contributed by atoms with Crippen molar-refractivity contribution >= 4 is 45.0 Å². The van der Waals surface area contributed by atoms with Gasteiger partial charge in [-0.25, -0.2) is 18.1 Å². The monoisotopic (exact) mass is 781 g/mol. The Balaban J connectivity index is 1.34. The van der Waals surface area contributed by atoms with E-state index in [1.807, 2.05) is 0 Å². The first kappa shape index (κ1) is 40.3. The molecule has 4 fully saturated rings. The Morgan fingerprint density at radius 2 is 1.64 bits per heavy atom. The first-order valence-electron chi connectivity index (χ1n) is 19.2. The normalized spacial score (nSPS) is 22.7. The maximum atomic E-state index is 14.8. The minimum Gasteiger partial charge on any atom is -0.384 e. The largest absolute Gasteiger partial charge is 0.384 e. The summed E-state index contributed by atoms with van der Waals surface area (Å²) in [6.07, 6.45) is 9.12. The average molecular weight is 782 g/mol. The predicted octanol–water partition coefficient (Wildman–Crippen LogP) is 2.34. The molecule has 2 saturated carbocycles. The number of nitrogens with two attached hydrogens (primary N) is 1. The Labute approximate surface area is 320 Å². The van der Waals surface area contributed by atoms with Crippen molar-refractivity contribution in [1.82, 2.24) is 25.2 Å². The van der Waals surface area contributed by atoms with Crippen LogP contribution in [-0.2, 0) is 39.4 Å². The number of aliphatic imine (C=N–C) groups is 1. The van der Waals surface area contributed by atoms with Crippen molar-refractivity contribution in [3.8, 4) is 0 Å². The molecule has 55 heavy (non-hydrogen) atoms. The van der Waals surface area contributed by atoms with Crippen LogP contribution in [-0.4, -0.2) is 105 Å². The van der Waals surface area contributed by atoms with E-state index in [1.165, 1.54) is 40.0 Å². The molecule has 0 unspecified atom stereocenters. The molecule has 2 aromatic rings. The molecule has 6 rings (SSSR count). The second-order valence-electron chi connectivity index (χ2n) is 15.9. The topological polar surface area (TPSA) is 233 Å². The summed E-state index contributed by atoms with van der Waals surface area (Å²) < 4.78 is 33.2. The lowest BCUT2D eigenvalue weighted by molar-refractivity contribution is -0.146. The molecule has 16 nitrogen and oxygen atoms in total. The fraction of sp³-hybridized carbons (Fsp3) is 0.632. The Bertz CT molecular complexity index is 1920. The van der Waals surface area contributed by atoms with Gasteiger partial charge in [-0.15, -0.1) is 5.10 Å². The molecule has 2 atom stereocenters. The number of likely N-dealkylation sites (tertiary alicyclic amines) is 1. The van der Waals surface area contributed by atoms with Crippen molar-refractivity contribution in [3.63, 3.8) is 0 Å². The van der Waals surface area contributed by atoms with Gasteiger partial charge in [0, 0.05) is 44.6 Å². The van der Waals surface area contributed by atoms with Gasteiger partial charge >= 0.3 is 0 Å². The van der Waals surface area contributed by atoms with Gasteiger partial charge in [0.15, 0.2) is 9.84 Å². The van der Waals surface area contributed by atoms with Crippen LogP contribution >= 0.6 is 0 Å². The maximum absolute atomic E-state index is 14.8. The summed E-state index contributed by atoms with van der Waals surface area (Å²) in [5.74, 6) is -4.21. The number of nitrogens with one attached hydrogen (secondary N) is 1.